The van der Waals surface area contributed by atoms with Crippen LogP contribution in [0, 0.1) is 0 Å². The second-order valence-electron chi connectivity index (χ2n) is 11.8. The molecule has 0 aliphatic carbocycles. The van der Waals surface area contributed by atoms with Gasteiger partial charge in [-0.15, -0.1) is 0 Å². The Morgan fingerprint density at radius 1 is 0.674 bits per heavy atom. The summed E-state index contributed by atoms with van der Waals surface area (Å²) in [5.41, 5.74) is 0.687. The van der Waals surface area contributed by atoms with Gasteiger partial charge in [0.2, 0.25) is 0 Å². The minimum Gasteiger partial charge on any atom is -0.452 e. The molecule has 1 N–H and O–H groups in total. The molecular formula is C33H38O9Si. The van der Waals surface area contributed by atoms with Crippen LogP contribution in [0.5, 0.6) is 0 Å². The van der Waals surface area contributed by atoms with Crippen LogP contribution in [-0.2, 0) is 23.4 Å². The first kappa shape index (κ1) is 32.1. The Morgan fingerprint density at radius 2 is 1.05 bits per heavy atom. The highest BCUT2D eigenvalue weighted by Gasteiger charge is 2.53. The zero-order valence-electron chi connectivity index (χ0n) is 25.0. The summed E-state index contributed by atoms with van der Waals surface area (Å²) in [6.45, 7) is 10.3. The van der Waals surface area contributed by atoms with Gasteiger partial charge in [0.05, 0.1) is 23.3 Å². The first-order valence-corrected chi connectivity index (χ1v) is 17.0. The molecule has 3 aromatic carbocycles. The molecule has 43 heavy (non-hydrogen) atoms. The lowest BCUT2D eigenvalue weighted by atomic mass is 9.98. The van der Waals surface area contributed by atoms with Gasteiger partial charge in [0, 0.05) is 0 Å². The predicted octanol–water partition coefficient (Wildman–Crippen LogP) is 5.40. The van der Waals surface area contributed by atoms with Gasteiger partial charge in [-0.1, -0.05) is 75.4 Å². The van der Waals surface area contributed by atoms with E-state index in [2.05, 4.69) is 33.9 Å². The topological polar surface area (TPSA) is 118 Å². The average Bonchev–Trinajstić information content (AvgIpc) is 2.99. The summed E-state index contributed by atoms with van der Waals surface area (Å²) in [7, 11) is -2.33. The van der Waals surface area contributed by atoms with Crippen LogP contribution in [0.15, 0.2) is 91.0 Å². The lowest BCUT2D eigenvalue weighted by Gasteiger charge is -2.44. The monoisotopic (exact) mass is 606 g/mol. The minimum atomic E-state index is -2.33. The Kier molecular flexibility index (Phi) is 10.2. The molecule has 1 fully saturated rings. The smallest absolute Gasteiger partial charge is 0.338 e. The quantitative estimate of drug-likeness (QED) is 0.194. The van der Waals surface area contributed by atoms with E-state index in [0.717, 1.165) is 0 Å². The average molecular weight is 607 g/mol. The van der Waals surface area contributed by atoms with E-state index in [0.29, 0.717) is 0 Å². The first-order chi connectivity index (χ1) is 20.4. The SMILES string of the molecule is CC(C)(C)[Si](C)(C)OC[C@H]1O[C@H](O)[C@H](OC(=O)c2ccccc2)[C@@H](OC(=O)c2ccccc2)[C@H]1OC(=O)c1ccccc1. The summed E-state index contributed by atoms with van der Waals surface area (Å²) in [6.07, 6.45) is -7.05. The van der Waals surface area contributed by atoms with Crippen LogP contribution in [0.2, 0.25) is 18.1 Å². The predicted molar refractivity (Wildman–Crippen MR) is 161 cm³/mol. The summed E-state index contributed by atoms with van der Waals surface area (Å²) in [6, 6.07) is 24.7. The molecule has 9 nitrogen and oxygen atoms in total. The Labute approximate surface area is 252 Å². The molecule has 0 bridgehead atoms. The molecule has 0 aromatic heterocycles. The zero-order valence-corrected chi connectivity index (χ0v) is 26.0. The van der Waals surface area contributed by atoms with Crippen molar-refractivity contribution in [2.45, 2.75) is 69.6 Å². The summed E-state index contributed by atoms with van der Waals surface area (Å²) >= 11 is 0. The van der Waals surface area contributed by atoms with Crippen molar-refractivity contribution in [3.05, 3.63) is 108 Å². The molecule has 1 aliphatic heterocycles. The number of ether oxygens (including phenoxy) is 4. The number of aliphatic hydroxyl groups is 1. The van der Waals surface area contributed by atoms with Crippen molar-refractivity contribution < 1.29 is 42.9 Å². The second kappa shape index (κ2) is 13.6. The van der Waals surface area contributed by atoms with Crippen molar-refractivity contribution in [2.24, 2.45) is 0 Å². The number of aliphatic hydroxyl groups excluding tert-OH is 1. The molecule has 0 saturated carbocycles. The molecule has 1 heterocycles. The fourth-order valence-corrected chi connectivity index (χ4v) is 5.25. The number of esters is 3. The molecule has 1 aliphatic rings. The van der Waals surface area contributed by atoms with Crippen LogP contribution >= 0.6 is 0 Å². The van der Waals surface area contributed by atoms with Crippen molar-refractivity contribution in [3.8, 4) is 0 Å². The van der Waals surface area contributed by atoms with Gasteiger partial charge in [-0.3, -0.25) is 0 Å². The number of carbonyl (C=O) groups is 3. The molecule has 228 valence electrons. The standard InChI is InChI=1S/C33H38O9Si/c1-33(2,3)43(4,5)38-21-25-26(40-29(34)22-15-9-6-10-16-22)27(41-30(35)23-17-11-7-12-18-23)28(32(37)39-25)42-31(36)24-19-13-8-14-20-24/h6-20,25-28,32,37H,21H2,1-5H3/t25-,26+,27+,28-,32+/m1/s1. The van der Waals surface area contributed by atoms with Gasteiger partial charge < -0.3 is 28.5 Å². The summed E-state index contributed by atoms with van der Waals surface area (Å²) in [4.78, 5) is 39.8. The lowest BCUT2D eigenvalue weighted by molar-refractivity contribution is -0.283. The Morgan fingerprint density at radius 3 is 1.44 bits per heavy atom. The van der Waals surface area contributed by atoms with Gasteiger partial charge in [0.25, 0.3) is 0 Å². The number of hydrogen-bond donors (Lipinski definition) is 1. The van der Waals surface area contributed by atoms with Crippen LogP contribution < -0.4 is 0 Å². The maximum atomic E-state index is 13.3. The number of benzene rings is 3. The first-order valence-electron chi connectivity index (χ1n) is 14.1. The number of rotatable bonds is 9. The van der Waals surface area contributed by atoms with E-state index >= 15 is 0 Å². The van der Waals surface area contributed by atoms with Crippen LogP contribution in [0.1, 0.15) is 51.8 Å². The molecular weight excluding hydrogens is 568 g/mol. The van der Waals surface area contributed by atoms with E-state index < -0.39 is 56.9 Å². The molecule has 4 rings (SSSR count). The largest absolute Gasteiger partial charge is 0.452 e. The third kappa shape index (κ3) is 7.97. The van der Waals surface area contributed by atoms with Crippen LogP contribution in [0.3, 0.4) is 0 Å². The highest BCUT2D eigenvalue weighted by atomic mass is 28.4. The molecule has 3 aromatic rings. The van der Waals surface area contributed by atoms with Crippen LogP contribution in [0.25, 0.3) is 0 Å². The number of carbonyl (C=O) groups excluding carboxylic acids is 3. The van der Waals surface area contributed by atoms with E-state index in [-0.39, 0.29) is 28.3 Å². The molecule has 0 radical (unpaired) electrons. The molecule has 0 amide bonds. The molecule has 10 heteroatoms. The molecule has 0 unspecified atom stereocenters. The summed E-state index contributed by atoms with van der Waals surface area (Å²) < 4.78 is 29.8. The summed E-state index contributed by atoms with van der Waals surface area (Å²) in [5.74, 6) is -2.25. The van der Waals surface area contributed by atoms with E-state index in [9.17, 15) is 19.5 Å². The number of hydrogen-bond acceptors (Lipinski definition) is 9. The third-order valence-electron chi connectivity index (χ3n) is 7.78. The van der Waals surface area contributed by atoms with Crippen LogP contribution in [0.4, 0.5) is 0 Å². The van der Waals surface area contributed by atoms with E-state index in [4.69, 9.17) is 23.4 Å². The lowest BCUT2D eigenvalue weighted by Crippen LogP contribution is -2.63. The zero-order chi connectivity index (χ0) is 31.2. The Balaban J connectivity index is 1.71. The van der Waals surface area contributed by atoms with Crippen molar-refractivity contribution in [3.63, 3.8) is 0 Å². The molecule has 1 saturated heterocycles. The van der Waals surface area contributed by atoms with Crippen molar-refractivity contribution >= 4 is 26.2 Å². The molecule has 5 atom stereocenters. The van der Waals surface area contributed by atoms with Gasteiger partial charge in [0.15, 0.2) is 32.9 Å². The van der Waals surface area contributed by atoms with Crippen molar-refractivity contribution in [2.75, 3.05) is 6.61 Å². The van der Waals surface area contributed by atoms with E-state index in [1.165, 1.54) is 0 Å². The summed E-state index contributed by atoms with van der Waals surface area (Å²) in [5, 5.41) is 11.0. The fraction of sp³-hybridized carbons (Fsp3) is 0.364. The van der Waals surface area contributed by atoms with Gasteiger partial charge in [-0.2, -0.15) is 0 Å². The second-order valence-corrected chi connectivity index (χ2v) is 16.7. The molecule has 0 spiro atoms. The van der Waals surface area contributed by atoms with Gasteiger partial charge in [-0.25, -0.2) is 14.4 Å². The van der Waals surface area contributed by atoms with Gasteiger partial charge in [0.1, 0.15) is 6.10 Å². The van der Waals surface area contributed by atoms with Gasteiger partial charge in [-0.05, 0) is 54.5 Å². The fourth-order valence-electron chi connectivity index (χ4n) is 4.24. The van der Waals surface area contributed by atoms with Crippen LogP contribution in [-0.4, -0.2) is 68.6 Å². The van der Waals surface area contributed by atoms with Gasteiger partial charge >= 0.3 is 17.9 Å². The Hall–Kier alpha value is -3.83. The Bertz CT molecular complexity index is 1370. The highest BCUT2D eigenvalue weighted by Crippen LogP contribution is 2.38. The minimum absolute atomic E-state index is 0.0704. The van der Waals surface area contributed by atoms with E-state index in [1.54, 1.807) is 91.0 Å². The highest BCUT2D eigenvalue weighted by molar-refractivity contribution is 6.74. The van der Waals surface area contributed by atoms with Crippen molar-refractivity contribution in [1.82, 2.24) is 0 Å². The van der Waals surface area contributed by atoms with E-state index in [1.807, 2.05) is 0 Å². The normalized spacial score (nSPS) is 22.3. The maximum Gasteiger partial charge on any atom is 0.338 e. The van der Waals surface area contributed by atoms with Crippen molar-refractivity contribution in [1.29, 1.82) is 0 Å². The third-order valence-corrected chi connectivity index (χ3v) is 12.3. The maximum absolute atomic E-state index is 13.3.